The second-order valence-electron chi connectivity index (χ2n) is 3.33. The maximum Gasteiger partial charge on any atom is 0.277 e. The molecule has 20 heavy (non-hydrogen) atoms. The fourth-order valence-corrected chi connectivity index (χ4v) is 1.22. The molecule has 0 aromatic heterocycles. The van der Waals surface area contributed by atoms with Crippen molar-refractivity contribution in [1.82, 2.24) is 10.9 Å². The number of ether oxygens (including phenoxy) is 2. The van der Waals surface area contributed by atoms with Crippen LogP contribution in [0.5, 0.6) is 0 Å². The van der Waals surface area contributed by atoms with Crippen LogP contribution in [-0.4, -0.2) is 36.5 Å². The van der Waals surface area contributed by atoms with Crippen LogP contribution in [0.25, 0.3) is 0 Å². The summed E-state index contributed by atoms with van der Waals surface area (Å²) in [6.07, 6.45) is 1.49. The summed E-state index contributed by atoms with van der Waals surface area (Å²) in [5.74, 6) is 0. The van der Waals surface area contributed by atoms with E-state index in [1.807, 2.05) is 30.3 Å². The number of methoxy groups -OCH3 is 2. The van der Waals surface area contributed by atoms with E-state index in [-0.39, 0.29) is 10.3 Å². The maximum atomic E-state index is 4.86. The fraction of sp³-hybridized carbons (Fsp3) is 0.167. The first-order valence-electron chi connectivity index (χ1n) is 5.51. The van der Waals surface area contributed by atoms with Crippen LogP contribution in [0.2, 0.25) is 0 Å². The second kappa shape index (κ2) is 8.94. The van der Waals surface area contributed by atoms with Gasteiger partial charge in [0.05, 0.1) is 20.4 Å². The molecule has 0 radical (unpaired) electrons. The van der Waals surface area contributed by atoms with E-state index in [0.717, 1.165) is 5.56 Å². The SMILES string of the molecule is COC(=S)NN=C(/C=N\NC(=S)OC)c1ccccc1. The molecule has 8 heteroatoms. The molecule has 6 nitrogen and oxygen atoms in total. The van der Waals surface area contributed by atoms with E-state index in [4.69, 9.17) is 33.9 Å². The van der Waals surface area contributed by atoms with Crippen molar-refractivity contribution in [3.05, 3.63) is 35.9 Å². The summed E-state index contributed by atoms with van der Waals surface area (Å²) in [4.78, 5) is 0. The van der Waals surface area contributed by atoms with Crippen molar-refractivity contribution in [1.29, 1.82) is 0 Å². The lowest BCUT2D eigenvalue weighted by Gasteiger charge is -2.04. The van der Waals surface area contributed by atoms with Crippen molar-refractivity contribution in [3.8, 4) is 0 Å². The number of rotatable bonds is 4. The molecule has 0 amide bonds. The summed E-state index contributed by atoms with van der Waals surface area (Å²) in [5.41, 5.74) is 6.54. The van der Waals surface area contributed by atoms with Crippen molar-refractivity contribution in [3.63, 3.8) is 0 Å². The van der Waals surface area contributed by atoms with Gasteiger partial charge in [0.25, 0.3) is 10.3 Å². The Morgan fingerprint density at radius 3 is 2.25 bits per heavy atom. The summed E-state index contributed by atoms with van der Waals surface area (Å²) in [6, 6.07) is 9.46. The molecule has 0 bridgehead atoms. The molecule has 0 saturated carbocycles. The van der Waals surface area contributed by atoms with Gasteiger partial charge in [-0.3, -0.25) is 0 Å². The molecule has 1 rings (SSSR count). The number of hydrogen-bond donors (Lipinski definition) is 2. The molecule has 0 aliphatic carbocycles. The van der Waals surface area contributed by atoms with Gasteiger partial charge in [-0.2, -0.15) is 10.2 Å². The number of thiocarbonyl (C=S) groups is 2. The first kappa shape index (κ1) is 16.0. The predicted octanol–water partition coefficient (Wildman–Crippen LogP) is 1.42. The molecular formula is C12H14N4O2S2. The predicted molar refractivity (Wildman–Crippen MR) is 87.0 cm³/mol. The Hall–Kier alpha value is -2.06. The summed E-state index contributed by atoms with van der Waals surface area (Å²) >= 11 is 9.66. The zero-order chi connectivity index (χ0) is 14.8. The van der Waals surface area contributed by atoms with Crippen LogP contribution >= 0.6 is 24.4 Å². The van der Waals surface area contributed by atoms with E-state index >= 15 is 0 Å². The molecule has 0 aliphatic rings. The van der Waals surface area contributed by atoms with Crippen molar-refractivity contribution < 1.29 is 9.47 Å². The molecule has 0 fully saturated rings. The van der Waals surface area contributed by atoms with Gasteiger partial charge in [0.2, 0.25) is 0 Å². The fourth-order valence-electron chi connectivity index (χ4n) is 1.12. The standard InChI is InChI=1S/C12H14N4O2S2/c1-17-11(19)15-13-8-10(14-16-12(20)18-2)9-6-4-3-5-7-9/h3-8H,1-2H3,(H,15,19)(H,16,20)/b13-8-,14-10?. The molecule has 106 valence electrons. The van der Waals surface area contributed by atoms with Crippen molar-refractivity contribution >= 4 is 46.7 Å². The van der Waals surface area contributed by atoms with Gasteiger partial charge in [0, 0.05) is 5.56 Å². The number of nitrogens with zero attached hydrogens (tertiary/aromatic N) is 2. The highest BCUT2D eigenvalue weighted by Crippen LogP contribution is 1.99. The van der Waals surface area contributed by atoms with Crippen molar-refractivity contribution in [2.24, 2.45) is 10.2 Å². The molecule has 0 spiro atoms. The van der Waals surface area contributed by atoms with Crippen molar-refractivity contribution in [2.45, 2.75) is 0 Å². The highest BCUT2D eigenvalue weighted by Gasteiger charge is 2.01. The van der Waals surface area contributed by atoms with Gasteiger partial charge in [0.15, 0.2) is 0 Å². The van der Waals surface area contributed by atoms with Gasteiger partial charge < -0.3 is 9.47 Å². The first-order chi connectivity index (χ1) is 9.67. The summed E-state index contributed by atoms with van der Waals surface area (Å²) in [5, 5.41) is 8.36. The third kappa shape index (κ3) is 5.72. The average Bonchev–Trinajstić information content (AvgIpc) is 2.50. The second-order valence-corrected chi connectivity index (χ2v) is 4.07. The molecule has 2 N–H and O–H groups in total. The van der Waals surface area contributed by atoms with E-state index in [0.29, 0.717) is 5.71 Å². The Balaban J connectivity index is 2.85. The molecule has 0 atom stereocenters. The molecule has 0 heterocycles. The quantitative estimate of drug-likeness (QED) is 0.498. The minimum Gasteiger partial charge on any atom is -0.473 e. The third-order valence-corrected chi connectivity index (χ3v) is 2.57. The lowest BCUT2D eigenvalue weighted by atomic mass is 10.1. The normalized spacial score (nSPS) is 11.0. The van der Waals surface area contributed by atoms with Crippen LogP contribution in [0.3, 0.4) is 0 Å². The van der Waals surface area contributed by atoms with E-state index in [1.165, 1.54) is 20.4 Å². The van der Waals surface area contributed by atoms with Gasteiger partial charge in [0.1, 0.15) is 5.71 Å². The van der Waals surface area contributed by atoms with Crippen LogP contribution in [0, 0.1) is 0 Å². The van der Waals surface area contributed by atoms with Crippen molar-refractivity contribution in [2.75, 3.05) is 14.2 Å². The van der Waals surface area contributed by atoms with Crippen LogP contribution in [-0.2, 0) is 9.47 Å². The summed E-state index contributed by atoms with van der Waals surface area (Å²) < 4.78 is 9.57. The van der Waals surface area contributed by atoms with Crippen LogP contribution < -0.4 is 10.9 Å². The zero-order valence-electron chi connectivity index (χ0n) is 11.0. The largest absolute Gasteiger partial charge is 0.473 e. The molecule has 1 aromatic carbocycles. The lowest BCUT2D eigenvalue weighted by molar-refractivity contribution is 0.394. The van der Waals surface area contributed by atoms with Crippen LogP contribution in [0.1, 0.15) is 5.56 Å². The Morgan fingerprint density at radius 2 is 1.65 bits per heavy atom. The first-order valence-corrected chi connectivity index (χ1v) is 6.33. The minimum atomic E-state index is 0.159. The highest BCUT2D eigenvalue weighted by atomic mass is 32.1. The Morgan fingerprint density at radius 1 is 1.05 bits per heavy atom. The molecule has 1 aromatic rings. The average molecular weight is 310 g/mol. The lowest BCUT2D eigenvalue weighted by Crippen LogP contribution is -2.21. The number of hydrogen-bond acceptors (Lipinski definition) is 6. The number of nitrogens with one attached hydrogen (secondary N) is 2. The number of benzene rings is 1. The van der Waals surface area contributed by atoms with Gasteiger partial charge in [-0.15, -0.1) is 0 Å². The van der Waals surface area contributed by atoms with Gasteiger partial charge in [-0.05, 0) is 24.4 Å². The topological polar surface area (TPSA) is 67.2 Å². The minimum absolute atomic E-state index is 0.159. The summed E-state index contributed by atoms with van der Waals surface area (Å²) in [6.45, 7) is 0. The maximum absolute atomic E-state index is 4.86. The van der Waals surface area contributed by atoms with Gasteiger partial charge in [-0.1, -0.05) is 30.3 Å². The van der Waals surface area contributed by atoms with Crippen LogP contribution in [0.4, 0.5) is 0 Å². The number of hydrazone groups is 2. The Kier molecular flexibility index (Phi) is 7.15. The van der Waals surface area contributed by atoms with Crippen LogP contribution in [0.15, 0.2) is 40.5 Å². The molecule has 0 unspecified atom stereocenters. The Labute approximate surface area is 127 Å². The molecular weight excluding hydrogens is 296 g/mol. The zero-order valence-corrected chi connectivity index (χ0v) is 12.6. The molecule has 0 saturated heterocycles. The smallest absolute Gasteiger partial charge is 0.277 e. The Bertz CT molecular complexity index is 517. The van der Waals surface area contributed by atoms with E-state index in [2.05, 4.69) is 21.1 Å². The molecule has 0 aliphatic heterocycles. The van der Waals surface area contributed by atoms with Gasteiger partial charge in [-0.25, -0.2) is 10.9 Å². The van der Waals surface area contributed by atoms with E-state index in [1.54, 1.807) is 0 Å². The van der Waals surface area contributed by atoms with Gasteiger partial charge >= 0.3 is 0 Å². The highest BCUT2D eigenvalue weighted by molar-refractivity contribution is 7.80. The van der Waals surface area contributed by atoms with E-state index in [9.17, 15) is 0 Å². The van der Waals surface area contributed by atoms with E-state index < -0.39 is 0 Å². The summed E-state index contributed by atoms with van der Waals surface area (Å²) in [7, 11) is 2.91. The third-order valence-electron chi connectivity index (χ3n) is 2.05. The monoisotopic (exact) mass is 310 g/mol.